The van der Waals surface area contributed by atoms with Gasteiger partial charge in [0, 0.05) is 24.7 Å². The van der Waals surface area contributed by atoms with E-state index in [9.17, 15) is 5.11 Å². The molecule has 0 aromatic carbocycles. The molecule has 0 amide bonds. The first-order valence-electron chi connectivity index (χ1n) is 5.38. The Morgan fingerprint density at radius 2 is 2.38 bits per heavy atom. The summed E-state index contributed by atoms with van der Waals surface area (Å²) in [5, 5.41) is 14.5. The molecule has 4 nitrogen and oxygen atoms in total. The minimum Gasteiger partial charge on any atom is -0.472 e. The van der Waals surface area contributed by atoms with Crippen molar-refractivity contribution in [2.45, 2.75) is 32.4 Å². The molecule has 0 aliphatic rings. The number of aryl methyl sites for hydroxylation is 1. The van der Waals surface area contributed by atoms with Gasteiger partial charge in [-0.15, -0.1) is 0 Å². The molecule has 0 saturated carbocycles. The average molecular weight is 220 g/mol. The molecule has 1 unspecified atom stereocenters. The van der Waals surface area contributed by atoms with E-state index in [1.54, 1.807) is 31.7 Å². The second-order valence-electron chi connectivity index (χ2n) is 4.17. The highest BCUT2D eigenvalue weighted by atomic mass is 16.3. The van der Waals surface area contributed by atoms with Gasteiger partial charge in [-0.3, -0.25) is 4.68 Å². The Labute approximate surface area is 94.5 Å². The summed E-state index contributed by atoms with van der Waals surface area (Å²) in [5.41, 5.74) is 0.902. The maximum absolute atomic E-state index is 10.3. The summed E-state index contributed by atoms with van der Waals surface area (Å²) in [6.07, 6.45) is 7.42. The van der Waals surface area contributed by atoms with Crippen molar-refractivity contribution in [2.75, 3.05) is 0 Å². The number of furan rings is 1. The summed E-state index contributed by atoms with van der Waals surface area (Å²) in [6.45, 7) is 4.65. The molecule has 0 spiro atoms. The van der Waals surface area contributed by atoms with Gasteiger partial charge in [0.15, 0.2) is 0 Å². The fourth-order valence-electron chi connectivity index (χ4n) is 1.74. The van der Waals surface area contributed by atoms with Crippen LogP contribution in [0, 0.1) is 0 Å². The van der Waals surface area contributed by atoms with Crippen LogP contribution < -0.4 is 0 Å². The Morgan fingerprint density at radius 3 is 2.94 bits per heavy atom. The van der Waals surface area contributed by atoms with Crippen LogP contribution in [0.1, 0.15) is 25.0 Å². The Balaban J connectivity index is 2.14. The first kappa shape index (κ1) is 11.0. The summed E-state index contributed by atoms with van der Waals surface area (Å²) in [4.78, 5) is 0. The molecule has 86 valence electrons. The Bertz CT molecular complexity index is 443. The molecule has 2 rings (SSSR count). The molecule has 0 fully saturated rings. The summed E-state index contributed by atoms with van der Waals surface area (Å²) < 4.78 is 6.83. The van der Waals surface area contributed by atoms with E-state index in [-0.39, 0.29) is 0 Å². The van der Waals surface area contributed by atoms with Gasteiger partial charge in [-0.2, -0.15) is 5.10 Å². The highest BCUT2D eigenvalue weighted by molar-refractivity contribution is 5.19. The summed E-state index contributed by atoms with van der Waals surface area (Å²) in [5.74, 6) is 0. The largest absolute Gasteiger partial charge is 0.472 e. The maximum atomic E-state index is 10.3. The van der Waals surface area contributed by atoms with Crippen LogP contribution in [0.4, 0.5) is 0 Å². The monoisotopic (exact) mass is 220 g/mol. The summed E-state index contributed by atoms with van der Waals surface area (Å²) in [7, 11) is 0. The predicted octanol–water partition coefficient (Wildman–Crippen LogP) is 1.95. The highest BCUT2D eigenvalue weighted by Crippen LogP contribution is 2.25. The topological polar surface area (TPSA) is 51.2 Å². The van der Waals surface area contributed by atoms with Crippen molar-refractivity contribution in [2.24, 2.45) is 0 Å². The van der Waals surface area contributed by atoms with E-state index >= 15 is 0 Å². The molecule has 4 heteroatoms. The van der Waals surface area contributed by atoms with Crippen LogP contribution in [-0.4, -0.2) is 14.9 Å². The van der Waals surface area contributed by atoms with Gasteiger partial charge in [-0.1, -0.05) is 0 Å². The van der Waals surface area contributed by atoms with E-state index in [0.717, 1.165) is 17.7 Å². The zero-order valence-corrected chi connectivity index (χ0v) is 9.55. The molecular weight excluding hydrogens is 204 g/mol. The van der Waals surface area contributed by atoms with Crippen LogP contribution in [0.3, 0.4) is 0 Å². The molecule has 2 heterocycles. The second-order valence-corrected chi connectivity index (χ2v) is 4.17. The minimum atomic E-state index is -0.908. The number of rotatable bonds is 4. The first-order valence-corrected chi connectivity index (χ1v) is 5.38. The quantitative estimate of drug-likeness (QED) is 0.856. The van der Waals surface area contributed by atoms with Crippen molar-refractivity contribution in [3.8, 4) is 0 Å². The van der Waals surface area contributed by atoms with E-state index in [1.165, 1.54) is 0 Å². The lowest BCUT2D eigenvalue weighted by Crippen LogP contribution is -2.23. The molecule has 2 aromatic heterocycles. The lowest BCUT2D eigenvalue weighted by Gasteiger charge is -2.20. The first-order chi connectivity index (χ1) is 7.62. The minimum absolute atomic E-state index is 0.534. The zero-order valence-electron chi connectivity index (χ0n) is 9.55. The van der Waals surface area contributed by atoms with Crippen molar-refractivity contribution in [1.82, 2.24) is 9.78 Å². The third-order valence-electron chi connectivity index (χ3n) is 2.70. The molecule has 0 saturated heterocycles. The fraction of sp³-hybridized carbons (Fsp3) is 0.417. The van der Waals surface area contributed by atoms with Crippen LogP contribution in [0.5, 0.6) is 0 Å². The Morgan fingerprint density at radius 1 is 1.56 bits per heavy atom. The van der Waals surface area contributed by atoms with Gasteiger partial charge < -0.3 is 9.52 Å². The predicted molar refractivity (Wildman–Crippen MR) is 59.9 cm³/mol. The standard InChI is InChI=1S/C12H16N2O2/c1-3-14-8-10(7-13-14)6-12(2,15)11-4-5-16-9-11/h4-5,7-9,15H,3,6H2,1-2H3. The van der Waals surface area contributed by atoms with Crippen LogP contribution in [-0.2, 0) is 18.6 Å². The second kappa shape index (κ2) is 4.14. The van der Waals surface area contributed by atoms with Crippen LogP contribution in [0.2, 0.25) is 0 Å². The average Bonchev–Trinajstić information content (AvgIpc) is 2.86. The summed E-state index contributed by atoms with van der Waals surface area (Å²) >= 11 is 0. The van der Waals surface area contributed by atoms with E-state index in [1.807, 2.05) is 17.8 Å². The summed E-state index contributed by atoms with van der Waals surface area (Å²) in [6, 6.07) is 1.78. The molecule has 0 aliphatic carbocycles. The zero-order chi connectivity index (χ0) is 11.6. The molecule has 0 aliphatic heterocycles. The van der Waals surface area contributed by atoms with Crippen molar-refractivity contribution in [1.29, 1.82) is 0 Å². The number of hydrogen-bond donors (Lipinski definition) is 1. The van der Waals surface area contributed by atoms with Crippen LogP contribution in [0.25, 0.3) is 0 Å². The number of aliphatic hydroxyl groups is 1. The van der Waals surface area contributed by atoms with Crippen LogP contribution in [0.15, 0.2) is 35.4 Å². The van der Waals surface area contributed by atoms with E-state index in [4.69, 9.17) is 4.42 Å². The van der Waals surface area contributed by atoms with Gasteiger partial charge in [0.2, 0.25) is 0 Å². The van der Waals surface area contributed by atoms with Crippen molar-refractivity contribution in [3.05, 3.63) is 42.1 Å². The Hall–Kier alpha value is -1.55. The Kier molecular flexibility index (Phi) is 2.83. The molecular formula is C12H16N2O2. The smallest absolute Gasteiger partial charge is 0.0963 e. The van der Waals surface area contributed by atoms with Gasteiger partial charge in [0.1, 0.15) is 0 Å². The molecule has 0 bridgehead atoms. The van der Waals surface area contributed by atoms with Gasteiger partial charge >= 0.3 is 0 Å². The third kappa shape index (κ3) is 2.17. The maximum Gasteiger partial charge on any atom is 0.0963 e. The van der Waals surface area contributed by atoms with Crippen LogP contribution >= 0.6 is 0 Å². The molecule has 0 radical (unpaired) electrons. The lowest BCUT2D eigenvalue weighted by molar-refractivity contribution is 0.0570. The third-order valence-corrected chi connectivity index (χ3v) is 2.70. The SMILES string of the molecule is CCn1cc(CC(C)(O)c2ccoc2)cn1. The number of nitrogens with zero attached hydrogens (tertiary/aromatic N) is 2. The number of hydrogen-bond acceptors (Lipinski definition) is 3. The van der Waals surface area contributed by atoms with Gasteiger partial charge in [0.25, 0.3) is 0 Å². The van der Waals surface area contributed by atoms with E-state index in [2.05, 4.69) is 5.10 Å². The van der Waals surface area contributed by atoms with Crippen molar-refractivity contribution < 1.29 is 9.52 Å². The van der Waals surface area contributed by atoms with Gasteiger partial charge in [-0.25, -0.2) is 0 Å². The normalized spacial score (nSPS) is 14.9. The molecule has 16 heavy (non-hydrogen) atoms. The van der Waals surface area contributed by atoms with Crippen molar-refractivity contribution in [3.63, 3.8) is 0 Å². The molecule has 1 N–H and O–H groups in total. The lowest BCUT2D eigenvalue weighted by atomic mass is 9.92. The number of aromatic nitrogens is 2. The van der Waals surface area contributed by atoms with Gasteiger partial charge in [-0.05, 0) is 25.5 Å². The molecule has 2 aromatic rings. The van der Waals surface area contributed by atoms with Crippen molar-refractivity contribution >= 4 is 0 Å². The highest BCUT2D eigenvalue weighted by Gasteiger charge is 2.25. The fourth-order valence-corrected chi connectivity index (χ4v) is 1.74. The van der Waals surface area contributed by atoms with E-state index < -0.39 is 5.60 Å². The molecule has 1 atom stereocenters. The van der Waals surface area contributed by atoms with Gasteiger partial charge in [0.05, 0.1) is 24.3 Å². The van der Waals surface area contributed by atoms with E-state index in [0.29, 0.717) is 6.42 Å².